The number of aromatic amines is 1. The molecule has 1 saturated heterocycles. The molecule has 0 unspecified atom stereocenters. The van der Waals surface area contributed by atoms with Gasteiger partial charge in [-0.15, -0.1) is 0 Å². The maximum Gasteiger partial charge on any atom is 0.258 e. The number of para-hydroxylation sites is 1. The van der Waals surface area contributed by atoms with Crippen LogP contribution in [0.1, 0.15) is 15.9 Å². The molecule has 7 nitrogen and oxygen atoms in total. The van der Waals surface area contributed by atoms with E-state index in [2.05, 4.69) is 22.0 Å². The molecule has 0 radical (unpaired) electrons. The van der Waals surface area contributed by atoms with Crippen molar-refractivity contribution in [2.75, 3.05) is 31.1 Å². The average molecular weight is 401 g/mol. The number of fused-ring (bicyclic) bond motifs is 3. The van der Waals surface area contributed by atoms with Crippen molar-refractivity contribution >= 4 is 28.1 Å². The number of piperazine rings is 1. The molecule has 3 N–H and O–H groups in total. The average Bonchev–Trinajstić information content (AvgIpc) is 3.23. The maximum atomic E-state index is 13.1. The Labute approximate surface area is 173 Å². The summed E-state index contributed by atoms with van der Waals surface area (Å²) in [4.78, 5) is 32.5. The first-order chi connectivity index (χ1) is 14.6. The Bertz CT molecular complexity index is 1300. The van der Waals surface area contributed by atoms with Gasteiger partial charge in [-0.05, 0) is 35.9 Å². The van der Waals surface area contributed by atoms with Gasteiger partial charge in [0.1, 0.15) is 5.65 Å². The molecule has 152 valence electrons. The molecule has 3 heterocycles. The molecular formula is C23H23N5O2. The zero-order chi connectivity index (χ0) is 20.7. The van der Waals surface area contributed by atoms with Gasteiger partial charge in [0, 0.05) is 44.6 Å². The number of rotatable bonds is 3. The normalized spacial score (nSPS) is 14.6. The highest BCUT2D eigenvalue weighted by molar-refractivity contribution is 5.96. The fourth-order valence-electron chi connectivity index (χ4n) is 4.17. The molecule has 0 atom stereocenters. The van der Waals surface area contributed by atoms with Crippen molar-refractivity contribution in [1.29, 1.82) is 0 Å². The molecule has 2 aromatic heterocycles. The number of nitrogens with zero attached hydrogens (tertiary/aromatic N) is 3. The van der Waals surface area contributed by atoms with Gasteiger partial charge in [0.15, 0.2) is 0 Å². The topological polar surface area (TPSA) is 86.8 Å². The summed E-state index contributed by atoms with van der Waals surface area (Å²) in [6.45, 7) is 3.36. The van der Waals surface area contributed by atoms with Crippen LogP contribution in [0, 0.1) is 0 Å². The summed E-state index contributed by atoms with van der Waals surface area (Å²) in [5.41, 5.74) is 9.85. The maximum absolute atomic E-state index is 13.1. The highest BCUT2D eigenvalue weighted by Crippen LogP contribution is 2.20. The minimum atomic E-state index is -0.150. The molecule has 0 saturated carbocycles. The lowest BCUT2D eigenvalue weighted by molar-refractivity contribution is 0.0747. The predicted octanol–water partition coefficient (Wildman–Crippen LogP) is 2.20. The summed E-state index contributed by atoms with van der Waals surface area (Å²) in [5.74, 6) is -0.0148. The third-order valence-corrected chi connectivity index (χ3v) is 5.80. The van der Waals surface area contributed by atoms with Gasteiger partial charge in [-0.2, -0.15) is 0 Å². The van der Waals surface area contributed by atoms with Crippen LogP contribution in [0.25, 0.3) is 16.6 Å². The summed E-state index contributed by atoms with van der Waals surface area (Å²) in [6.07, 6.45) is 1.81. The van der Waals surface area contributed by atoms with Crippen LogP contribution in [0.5, 0.6) is 0 Å². The SMILES string of the molecule is NCc1cccc(N2CCN(C(=O)c3cc4[nH]c(=O)c5ccccc5n4c3)CC2)c1. The zero-order valence-electron chi connectivity index (χ0n) is 16.5. The van der Waals surface area contributed by atoms with Crippen LogP contribution in [-0.2, 0) is 6.54 Å². The number of nitrogens with one attached hydrogen (secondary N) is 1. The lowest BCUT2D eigenvalue weighted by atomic mass is 10.1. The quantitative estimate of drug-likeness (QED) is 0.551. The van der Waals surface area contributed by atoms with E-state index in [1.807, 2.05) is 45.8 Å². The van der Waals surface area contributed by atoms with Crippen molar-refractivity contribution in [1.82, 2.24) is 14.3 Å². The molecule has 1 aliphatic heterocycles. The Kier molecular flexibility index (Phi) is 4.52. The molecule has 0 spiro atoms. The van der Waals surface area contributed by atoms with Crippen LogP contribution in [0.2, 0.25) is 0 Å². The Hall–Kier alpha value is -3.58. The van der Waals surface area contributed by atoms with E-state index in [1.165, 1.54) is 0 Å². The van der Waals surface area contributed by atoms with Gasteiger partial charge in [0.2, 0.25) is 0 Å². The number of hydrogen-bond acceptors (Lipinski definition) is 4. The smallest absolute Gasteiger partial charge is 0.258 e. The number of H-pyrrole nitrogens is 1. The van der Waals surface area contributed by atoms with Crippen LogP contribution in [0.4, 0.5) is 5.69 Å². The fourth-order valence-corrected chi connectivity index (χ4v) is 4.17. The van der Waals surface area contributed by atoms with Gasteiger partial charge < -0.3 is 24.9 Å². The first-order valence-electron chi connectivity index (χ1n) is 10.1. The fraction of sp³-hybridized carbons (Fsp3) is 0.217. The lowest BCUT2D eigenvalue weighted by Gasteiger charge is -2.36. The summed E-state index contributed by atoms with van der Waals surface area (Å²) in [5, 5.41) is 0.605. The number of aromatic nitrogens is 2. The molecule has 4 aromatic rings. The predicted molar refractivity (Wildman–Crippen MR) is 118 cm³/mol. The summed E-state index contributed by atoms with van der Waals surface area (Å²) < 4.78 is 1.87. The Morgan fingerprint density at radius 3 is 2.60 bits per heavy atom. The number of carbonyl (C=O) groups excluding carboxylic acids is 1. The van der Waals surface area contributed by atoms with Gasteiger partial charge in [-0.3, -0.25) is 9.59 Å². The van der Waals surface area contributed by atoms with Crippen LogP contribution in [0.3, 0.4) is 0 Å². The van der Waals surface area contributed by atoms with Crippen LogP contribution in [-0.4, -0.2) is 46.4 Å². The summed E-state index contributed by atoms with van der Waals surface area (Å²) >= 11 is 0. The lowest BCUT2D eigenvalue weighted by Crippen LogP contribution is -2.48. The largest absolute Gasteiger partial charge is 0.368 e. The molecular weight excluding hydrogens is 378 g/mol. The van der Waals surface area contributed by atoms with Crippen LogP contribution in [0.15, 0.2) is 65.6 Å². The van der Waals surface area contributed by atoms with Crippen molar-refractivity contribution in [3.05, 3.63) is 82.3 Å². The zero-order valence-corrected chi connectivity index (χ0v) is 16.5. The van der Waals surface area contributed by atoms with E-state index in [-0.39, 0.29) is 11.5 Å². The Balaban J connectivity index is 1.37. The van der Waals surface area contributed by atoms with Crippen molar-refractivity contribution in [2.45, 2.75) is 6.54 Å². The van der Waals surface area contributed by atoms with E-state index in [0.717, 1.165) is 29.9 Å². The van der Waals surface area contributed by atoms with Gasteiger partial charge >= 0.3 is 0 Å². The van der Waals surface area contributed by atoms with Crippen molar-refractivity contribution < 1.29 is 4.79 Å². The first-order valence-corrected chi connectivity index (χ1v) is 10.1. The van der Waals surface area contributed by atoms with E-state index in [0.29, 0.717) is 36.2 Å². The van der Waals surface area contributed by atoms with Gasteiger partial charge in [-0.1, -0.05) is 24.3 Å². The van der Waals surface area contributed by atoms with Gasteiger partial charge in [0.05, 0.1) is 16.5 Å². The first kappa shape index (κ1) is 18.4. The number of benzene rings is 2. The highest BCUT2D eigenvalue weighted by Gasteiger charge is 2.23. The summed E-state index contributed by atoms with van der Waals surface area (Å²) in [6, 6.07) is 17.4. The van der Waals surface area contributed by atoms with Gasteiger partial charge in [0.25, 0.3) is 11.5 Å². The summed E-state index contributed by atoms with van der Waals surface area (Å²) in [7, 11) is 0. The minimum absolute atomic E-state index is 0.0148. The number of hydrogen-bond donors (Lipinski definition) is 2. The molecule has 1 fully saturated rings. The molecule has 5 rings (SSSR count). The number of nitrogens with two attached hydrogens (primary N) is 1. The standard InChI is InChI=1S/C23H23N5O2/c24-14-16-4-3-5-18(12-16)26-8-10-27(11-9-26)23(30)17-13-21-25-22(29)19-6-1-2-7-20(19)28(21)15-17/h1-7,12-13,15H,8-11,14,24H2,(H,25,29). The second-order valence-electron chi connectivity index (χ2n) is 7.61. The molecule has 30 heavy (non-hydrogen) atoms. The van der Waals surface area contributed by atoms with Gasteiger partial charge in [-0.25, -0.2) is 0 Å². The third-order valence-electron chi connectivity index (χ3n) is 5.80. The highest BCUT2D eigenvalue weighted by atomic mass is 16.2. The monoisotopic (exact) mass is 401 g/mol. The van der Waals surface area contributed by atoms with Crippen LogP contribution >= 0.6 is 0 Å². The van der Waals surface area contributed by atoms with E-state index in [9.17, 15) is 9.59 Å². The van der Waals surface area contributed by atoms with E-state index < -0.39 is 0 Å². The van der Waals surface area contributed by atoms with E-state index >= 15 is 0 Å². The van der Waals surface area contributed by atoms with E-state index in [1.54, 1.807) is 12.1 Å². The van der Waals surface area contributed by atoms with Crippen molar-refractivity contribution in [3.63, 3.8) is 0 Å². The molecule has 0 aliphatic carbocycles. The number of anilines is 1. The van der Waals surface area contributed by atoms with E-state index in [4.69, 9.17) is 5.73 Å². The Morgan fingerprint density at radius 1 is 1.00 bits per heavy atom. The second-order valence-corrected chi connectivity index (χ2v) is 7.61. The molecule has 7 heteroatoms. The molecule has 0 bridgehead atoms. The molecule has 2 aromatic carbocycles. The van der Waals surface area contributed by atoms with Crippen molar-refractivity contribution in [2.24, 2.45) is 5.73 Å². The second kappa shape index (κ2) is 7.35. The minimum Gasteiger partial charge on any atom is -0.368 e. The Morgan fingerprint density at radius 2 is 1.80 bits per heavy atom. The van der Waals surface area contributed by atoms with Crippen molar-refractivity contribution in [3.8, 4) is 0 Å². The number of carbonyl (C=O) groups is 1. The van der Waals surface area contributed by atoms with Crippen LogP contribution < -0.4 is 16.2 Å². The molecule has 1 amide bonds. The number of amides is 1. The molecule has 1 aliphatic rings. The third kappa shape index (κ3) is 3.13.